The van der Waals surface area contributed by atoms with Crippen LogP contribution < -0.4 is 10.5 Å². The second-order valence-electron chi connectivity index (χ2n) is 4.66. The maximum absolute atomic E-state index is 6.07. The van der Waals surface area contributed by atoms with E-state index in [1.807, 2.05) is 19.9 Å². The number of anilines is 1. The lowest BCUT2D eigenvalue weighted by Gasteiger charge is -2.13. The van der Waals surface area contributed by atoms with Crippen molar-refractivity contribution in [3.63, 3.8) is 0 Å². The molecule has 0 radical (unpaired) electrons. The molecule has 1 aromatic carbocycles. The number of nitrogens with zero attached hydrogens (tertiary/aromatic N) is 1. The van der Waals surface area contributed by atoms with Gasteiger partial charge in [-0.3, -0.25) is 0 Å². The fraction of sp³-hybridized carbons (Fsp3) is 0.267. The Morgan fingerprint density at radius 1 is 1.21 bits per heavy atom. The first-order valence-electron chi connectivity index (χ1n) is 6.09. The number of benzene rings is 1. The molecule has 0 bridgehead atoms. The minimum absolute atomic E-state index is 0.313. The summed E-state index contributed by atoms with van der Waals surface area (Å²) in [4.78, 5) is 4.18. The molecule has 2 aromatic rings. The van der Waals surface area contributed by atoms with Crippen LogP contribution in [-0.4, -0.2) is 4.98 Å². The molecule has 4 heteroatoms. The van der Waals surface area contributed by atoms with Gasteiger partial charge in [0.1, 0.15) is 18.2 Å². The number of aryl methyl sites for hydroxylation is 2. The minimum atomic E-state index is 0.313. The number of hydrogen-bond acceptors (Lipinski definition) is 3. The summed E-state index contributed by atoms with van der Waals surface area (Å²) < 4.78 is 5.82. The van der Waals surface area contributed by atoms with Crippen molar-refractivity contribution in [1.82, 2.24) is 4.98 Å². The summed E-state index contributed by atoms with van der Waals surface area (Å²) in [5.41, 5.74) is 9.81. The zero-order chi connectivity index (χ0) is 14.0. The third-order valence-corrected chi connectivity index (χ3v) is 3.41. The van der Waals surface area contributed by atoms with Gasteiger partial charge in [0.15, 0.2) is 0 Å². The third kappa shape index (κ3) is 3.18. The van der Waals surface area contributed by atoms with E-state index < -0.39 is 0 Å². The van der Waals surface area contributed by atoms with Crippen LogP contribution >= 0.6 is 11.6 Å². The maximum atomic E-state index is 6.07. The number of hydrogen-bond donors (Lipinski definition) is 1. The summed E-state index contributed by atoms with van der Waals surface area (Å²) in [6.45, 7) is 6.47. The molecular weight excluding hydrogens is 260 g/mol. The van der Waals surface area contributed by atoms with Crippen molar-refractivity contribution in [2.75, 3.05) is 5.73 Å². The van der Waals surface area contributed by atoms with Gasteiger partial charge in [0, 0.05) is 0 Å². The van der Waals surface area contributed by atoms with Gasteiger partial charge in [-0.2, -0.15) is 0 Å². The summed E-state index contributed by atoms with van der Waals surface area (Å²) in [5, 5.41) is 0.566. The van der Waals surface area contributed by atoms with Crippen LogP contribution in [0.15, 0.2) is 24.3 Å². The van der Waals surface area contributed by atoms with Crippen molar-refractivity contribution in [3.8, 4) is 5.75 Å². The van der Waals surface area contributed by atoms with E-state index >= 15 is 0 Å². The van der Waals surface area contributed by atoms with Gasteiger partial charge in [0.05, 0.1) is 10.7 Å². The summed E-state index contributed by atoms with van der Waals surface area (Å²) in [6.07, 6.45) is 0. The largest absolute Gasteiger partial charge is 0.487 e. The Kier molecular flexibility index (Phi) is 3.96. The highest BCUT2D eigenvalue weighted by molar-refractivity contribution is 6.31. The quantitative estimate of drug-likeness (QED) is 0.927. The third-order valence-electron chi connectivity index (χ3n) is 3.07. The van der Waals surface area contributed by atoms with Gasteiger partial charge < -0.3 is 10.5 Å². The fourth-order valence-electron chi connectivity index (χ4n) is 1.90. The molecule has 0 saturated heterocycles. The molecule has 19 heavy (non-hydrogen) atoms. The van der Waals surface area contributed by atoms with E-state index in [-0.39, 0.29) is 0 Å². The molecule has 0 amide bonds. The van der Waals surface area contributed by atoms with E-state index in [1.165, 1.54) is 11.1 Å². The molecule has 0 fully saturated rings. The second-order valence-corrected chi connectivity index (χ2v) is 5.07. The van der Waals surface area contributed by atoms with Gasteiger partial charge in [-0.15, -0.1) is 0 Å². The van der Waals surface area contributed by atoms with Gasteiger partial charge in [-0.1, -0.05) is 17.7 Å². The first-order valence-corrected chi connectivity index (χ1v) is 6.46. The maximum Gasteiger partial charge on any atom is 0.132 e. The van der Waals surface area contributed by atoms with Crippen LogP contribution in [0.2, 0.25) is 5.02 Å². The summed E-state index contributed by atoms with van der Waals surface area (Å²) >= 11 is 6.07. The van der Waals surface area contributed by atoms with Crippen molar-refractivity contribution in [2.45, 2.75) is 27.4 Å². The Balaban J connectivity index is 2.21. The number of rotatable bonds is 3. The lowest BCUT2D eigenvalue weighted by atomic mass is 10.1. The van der Waals surface area contributed by atoms with E-state index in [4.69, 9.17) is 22.1 Å². The Hall–Kier alpha value is -1.74. The zero-order valence-electron chi connectivity index (χ0n) is 11.3. The summed E-state index contributed by atoms with van der Waals surface area (Å²) in [5.74, 6) is 1.30. The second kappa shape index (κ2) is 5.49. The Bertz CT molecular complexity index is 611. The average Bonchev–Trinajstić information content (AvgIpc) is 2.35. The van der Waals surface area contributed by atoms with Crippen LogP contribution in [0.4, 0.5) is 5.82 Å². The molecule has 0 aliphatic heterocycles. The van der Waals surface area contributed by atoms with Crippen LogP contribution in [0.25, 0.3) is 0 Å². The van der Waals surface area contributed by atoms with E-state index in [9.17, 15) is 0 Å². The van der Waals surface area contributed by atoms with Gasteiger partial charge in [-0.05, 0) is 55.7 Å². The predicted octanol–water partition coefficient (Wildman–Crippen LogP) is 3.82. The number of nitrogens with two attached hydrogens (primary N) is 1. The van der Waals surface area contributed by atoms with Gasteiger partial charge in [0.25, 0.3) is 0 Å². The van der Waals surface area contributed by atoms with E-state index in [1.54, 1.807) is 12.1 Å². The number of nitrogen functional groups attached to an aromatic ring is 1. The minimum Gasteiger partial charge on any atom is -0.487 e. The highest BCUT2D eigenvalue weighted by atomic mass is 35.5. The Morgan fingerprint density at radius 2 is 1.95 bits per heavy atom. The van der Waals surface area contributed by atoms with Crippen LogP contribution in [0, 0.1) is 20.8 Å². The van der Waals surface area contributed by atoms with Crippen LogP contribution in [0.5, 0.6) is 5.75 Å². The van der Waals surface area contributed by atoms with Crippen LogP contribution in [0.3, 0.4) is 0 Å². The lowest BCUT2D eigenvalue weighted by molar-refractivity contribution is 0.299. The molecule has 0 aliphatic rings. The van der Waals surface area contributed by atoms with Crippen molar-refractivity contribution in [3.05, 3.63) is 51.7 Å². The lowest BCUT2D eigenvalue weighted by Crippen LogP contribution is -2.03. The van der Waals surface area contributed by atoms with E-state index in [0.717, 1.165) is 11.3 Å². The number of halogens is 1. The number of pyridine rings is 1. The predicted molar refractivity (Wildman–Crippen MR) is 78.6 cm³/mol. The van der Waals surface area contributed by atoms with E-state index in [0.29, 0.717) is 23.1 Å². The SMILES string of the molecule is Cc1cc(C)c(C)c(OCc2nc(N)ccc2Cl)c1. The van der Waals surface area contributed by atoms with Gasteiger partial charge in [-0.25, -0.2) is 4.98 Å². The number of ether oxygens (including phenoxy) is 1. The van der Waals surface area contributed by atoms with E-state index in [2.05, 4.69) is 18.0 Å². The zero-order valence-corrected chi connectivity index (χ0v) is 12.1. The number of aromatic nitrogens is 1. The fourth-order valence-corrected chi connectivity index (χ4v) is 2.06. The summed E-state index contributed by atoms with van der Waals surface area (Å²) in [6, 6.07) is 7.56. The molecule has 0 atom stereocenters. The molecule has 0 saturated carbocycles. The highest BCUT2D eigenvalue weighted by Crippen LogP contribution is 2.25. The van der Waals surface area contributed by atoms with Crippen LogP contribution in [-0.2, 0) is 6.61 Å². The van der Waals surface area contributed by atoms with Crippen molar-refractivity contribution in [1.29, 1.82) is 0 Å². The molecule has 1 heterocycles. The van der Waals surface area contributed by atoms with Crippen molar-refractivity contribution in [2.24, 2.45) is 0 Å². The molecule has 3 nitrogen and oxygen atoms in total. The molecular formula is C15H17ClN2O. The molecule has 2 N–H and O–H groups in total. The van der Waals surface area contributed by atoms with Crippen molar-refractivity contribution < 1.29 is 4.74 Å². The molecule has 100 valence electrons. The Morgan fingerprint density at radius 3 is 2.68 bits per heavy atom. The Labute approximate surface area is 118 Å². The smallest absolute Gasteiger partial charge is 0.132 e. The average molecular weight is 277 g/mol. The first-order chi connectivity index (χ1) is 8.97. The molecule has 0 aliphatic carbocycles. The normalized spacial score (nSPS) is 10.5. The standard InChI is InChI=1S/C15H17ClN2O/c1-9-6-10(2)11(3)14(7-9)19-8-13-12(16)4-5-15(17)18-13/h4-7H,8H2,1-3H3,(H2,17,18). The van der Waals surface area contributed by atoms with Gasteiger partial charge >= 0.3 is 0 Å². The highest BCUT2D eigenvalue weighted by Gasteiger charge is 2.07. The molecule has 1 aromatic heterocycles. The van der Waals surface area contributed by atoms with Crippen molar-refractivity contribution >= 4 is 17.4 Å². The molecule has 0 spiro atoms. The molecule has 0 unspecified atom stereocenters. The monoisotopic (exact) mass is 276 g/mol. The summed E-state index contributed by atoms with van der Waals surface area (Å²) in [7, 11) is 0. The first kappa shape index (κ1) is 13.7. The van der Waals surface area contributed by atoms with Gasteiger partial charge in [0.2, 0.25) is 0 Å². The van der Waals surface area contributed by atoms with Crippen LogP contribution in [0.1, 0.15) is 22.4 Å². The molecule has 2 rings (SSSR count). The topological polar surface area (TPSA) is 48.1 Å².